The van der Waals surface area contributed by atoms with Gasteiger partial charge in [0.2, 0.25) is 5.91 Å². The fourth-order valence-corrected chi connectivity index (χ4v) is 4.89. The van der Waals surface area contributed by atoms with Crippen molar-refractivity contribution in [3.63, 3.8) is 0 Å². The Bertz CT molecular complexity index is 886. The Kier molecular flexibility index (Phi) is 4.45. The molecule has 0 aromatic carbocycles. The van der Waals surface area contributed by atoms with E-state index in [0.717, 1.165) is 11.2 Å². The molecule has 1 fully saturated rings. The summed E-state index contributed by atoms with van der Waals surface area (Å²) in [6.45, 7) is 6.01. The molecular weight excluding hydrogens is 326 g/mol. The summed E-state index contributed by atoms with van der Waals surface area (Å²) in [7, 11) is -3.04. The molecule has 0 unspecified atom stereocenters. The first-order valence-corrected chi connectivity index (χ1v) is 9.76. The molecule has 2 aromatic heterocycles. The third-order valence-corrected chi connectivity index (χ3v) is 6.11. The lowest BCUT2D eigenvalue weighted by atomic mass is 10.2. The van der Waals surface area contributed by atoms with Gasteiger partial charge in [-0.2, -0.15) is 0 Å². The van der Waals surface area contributed by atoms with Gasteiger partial charge in [0.1, 0.15) is 5.65 Å². The molecular formula is C17H21N3O3S. The third-order valence-electron chi connectivity index (χ3n) is 4.36. The van der Waals surface area contributed by atoms with Gasteiger partial charge in [0, 0.05) is 25.0 Å². The Morgan fingerprint density at radius 3 is 2.96 bits per heavy atom. The standard InChI is InChI=1S/C17H21N3O3S/c1-3-7-20(15-6-9-24(22,23)12-15)16(21)10-14-11-19-8-4-5-13(2)17(19)18-14/h3-5,8,11,15H,1,6-7,9-10,12H2,2H3/t15-/m1/s1. The fourth-order valence-electron chi connectivity index (χ4n) is 3.16. The van der Waals surface area contributed by atoms with Gasteiger partial charge in [0.25, 0.3) is 0 Å². The highest BCUT2D eigenvalue weighted by atomic mass is 32.2. The Morgan fingerprint density at radius 1 is 1.54 bits per heavy atom. The number of nitrogens with zero attached hydrogens (tertiary/aromatic N) is 3. The summed E-state index contributed by atoms with van der Waals surface area (Å²) in [4.78, 5) is 18.8. The van der Waals surface area contributed by atoms with E-state index in [-0.39, 0.29) is 29.9 Å². The minimum atomic E-state index is -3.04. The molecule has 128 valence electrons. The average molecular weight is 347 g/mol. The number of hydrogen-bond donors (Lipinski definition) is 0. The largest absolute Gasteiger partial charge is 0.335 e. The van der Waals surface area contributed by atoms with Crippen LogP contribution >= 0.6 is 0 Å². The third kappa shape index (κ3) is 3.36. The lowest BCUT2D eigenvalue weighted by Gasteiger charge is -2.26. The van der Waals surface area contributed by atoms with E-state index in [0.29, 0.717) is 18.7 Å². The second kappa shape index (κ2) is 6.39. The first-order valence-electron chi connectivity index (χ1n) is 7.93. The summed E-state index contributed by atoms with van der Waals surface area (Å²) in [6, 6.07) is 3.64. The summed E-state index contributed by atoms with van der Waals surface area (Å²) in [5.41, 5.74) is 2.56. The van der Waals surface area contributed by atoms with Crippen LogP contribution in [0.15, 0.2) is 37.2 Å². The second-order valence-electron chi connectivity index (χ2n) is 6.22. The predicted octanol–water partition coefficient (Wildman–Crippen LogP) is 1.39. The SMILES string of the molecule is C=CCN(C(=O)Cc1cn2cccc(C)c2n1)[C@@H]1CCS(=O)(=O)C1. The molecule has 0 N–H and O–H groups in total. The summed E-state index contributed by atoms with van der Waals surface area (Å²) in [6.07, 6.45) is 6.03. The number of sulfone groups is 1. The van der Waals surface area contributed by atoms with Crippen molar-refractivity contribution in [2.24, 2.45) is 0 Å². The summed E-state index contributed by atoms with van der Waals surface area (Å²) >= 11 is 0. The molecule has 0 bridgehead atoms. The van der Waals surface area contributed by atoms with Crippen molar-refractivity contribution in [3.05, 3.63) is 48.4 Å². The number of aryl methyl sites for hydroxylation is 1. The Hall–Kier alpha value is -2.15. The number of aromatic nitrogens is 2. The Balaban J connectivity index is 1.80. The first-order chi connectivity index (χ1) is 11.4. The maximum Gasteiger partial charge on any atom is 0.229 e. The van der Waals surface area contributed by atoms with E-state index in [1.54, 1.807) is 11.0 Å². The van der Waals surface area contributed by atoms with Crippen molar-refractivity contribution in [1.29, 1.82) is 0 Å². The van der Waals surface area contributed by atoms with E-state index in [2.05, 4.69) is 11.6 Å². The number of carbonyl (C=O) groups excluding carboxylic acids is 1. The molecule has 1 atom stereocenters. The van der Waals surface area contributed by atoms with Crippen molar-refractivity contribution < 1.29 is 13.2 Å². The maximum absolute atomic E-state index is 12.7. The van der Waals surface area contributed by atoms with Crippen LogP contribution in [0, 0.1) is 6.92 Å². The molecule has 6 nitrogen and oxygen atoms in total. The van der Waals surface area contributed by atoms with Gasteiger partial charge in [0.05, 0.1) is 23.6 Å². The minimum Gasteiger partial charge on any atom is -0.335 e. The van der Waals surface area contributed by atoms with Gasteiger partial charge in [-0.3, -0.25) is 4.79 Å². The number of fused-ring (bicyclic) bond motifs is 1. The predicted molar refractivity (Wildman–Crippen MR) is 92.6 cm³/mol. The molecule has 1 aliphatic rings. The monoisotopic (exact) mass is 347 g/mol. The van der Waals surface area contributed by atoms with Gasteiger partial charge >= 0.3 is 0 Å². The highest BCUT2D eigenvalue weighted by Gasteiger charge is 2.34. The van der Waals surface area contributed by atoms with E-state index >= 15 is 0 Å². The number of imidazole rings is 1. The topological polar surface area (TPSA) is 71.8 Å². The van der Waals surface area contributed by atoms with E-state index in [1.807, 2.05) is 35.9 Å². The van der Waals surface area contributed by atoms with Crippen molar-refractivity contribution in [1.82, 2.24) is 14.3 Å². The van der Waals surface area contributed by atoms with E-state index in [4.69, 9.17) is 0 Å². The molecule has 2 aromatic rings. The smallest absolute Gasteiger partial charge is 0.229 e. The van der Waals surface area contributed by atoms with Crippen molar-refractivity contribution in [2.45, 2.75) is 25.8 Å². The van der Waals surface area contributed by atoms with Crippen LogP contribution in [-0.2, 0) is 21.1 Å². The molecule has 1 saturated heterocycles. The molecule has 1 aliphatic heterocycles. The normalized spacial score (nSPS) is 19.5. The zero-order chi connectivity index (χ0) is 17.3. The van der Waals surface area contributed by atoms with Crippen molar-refractivity contribution >= 4 is 21.4 Å². The van der Waals surface area contributed by atoms with E-state index in [1.165, 1.54) is 0 Å². The average Bonchev–Trinajstić information content (AvgIpc) is 3.08. The molecule has 0 aliphatic carbocycles. The van der Waals surface area contributed by atoms with E-state index < -0.39 is 9.84 Å². The summed E-state index contributed by atoms with van der Waals surface area (Å²) < 4.78 is 25.3. The number of rotatable bonds is 5. The molecule has 3 heterocycles. The van der Waals surface area contributed by atoms with Gasteiger partial charge in [-0.25, -0.2) is 13.4 Å². The highest BCUT2D eigenvalue weighted by molar-refractivity contribution is 7.91. The van der Waals surface area contributed by atoms with Gasteiger partial charge in [-0.1, -0.05) is 12.1 Å². The van der Waals surface area contributed by atoms with Crippen LogP contribution in [-0.4, -0.2) is 52.7 Å². The van der Waals surface area contributed by atoms with Crippen LogP contribution in [0.1, 0.15) is 17.7 Å². The van der Waals surface area contributed by atoms with Crippen LogP contribution in [0.3, 0.4) is 0 Å². The van der Waals surface area contributed by atoms with Crippen LogP contribution in [0.25, 0.3) is 5.65 Å². The van der Waals surface area contributed by atoms with Gasteiger partial charge in [-0.05, 0) is 25.0 Å². The zero-order valence-corrected chi connectivity index (χ0v) is 14.5. The van der Waals surface area contributed by atoms with Crippen LogP contribution in [0.2, 0.25) is 0 Å². The Morgan fingerprint density at radius 2 is 2.33 bits per heavy atom. The van der Waals surface area contributed by atoms with Crippen LogP contribution in [0.4, 0.5) is 0 Å². The Labute approximate surface area is 141 Å². The highest BCUT2D eigenvalue weighted by Crippen LogP contribution is 2.19. The molecule has 3 rings (SSSR count). The van der Waals surface area contributed by atoms with Crippen LogP contribution in [0.5, 0.6) is 0 Å². The second-order valence-corrected chi connectivity index (χ2v) is 8.45. The van der Waals surface area contributed by atoms with Gasteiger partial charge < -0.3 is 9.30 Å². The van der Waals surface area contributed by atoms with Crippen molar-refractivity contribution in [2.75, 3.05) is 18.1 Å². The van der Waals surface area contributed by atoms with E-state index in [9.17, 15) is 13.2 Å². The quantitative estimate of drug-likeness (QED) is 0.766. The van der Waals surface area contributed by atoms with Gasteiger partial charge in [0.15, 0.2) is 9.84 Å². The summed E-state index contributed by atoms with van der Waals surface area (Å²) in [5.74, 6) is 0.0706. The lowest BCUT2D eigenvalue weighted by Crippen LogP contribution is -2.42. The maximum atomic E-state index is 12.7. The molecule has 0 spiro atoms. The fraction of sp³-hybridized carbons (Fsp3) is 0.412. The minimum absolute atomic E-state index is 0.0385. The number of hydrogen-bond acceptors (Lipinski definition) is 4. The number of carbonyl (C=O) groups is 1. The number of pyridine rings is 1. The number of amides is 1. The van der Waals surface area contributed by atoms with Crippen molar-refractivity contribution in [3.8, 4) is 0 Å². The molecule has 0 radical (unpaired) electrons. The molecule has 24 heavy (non-hydrogen) atoms. The molecule has 7 heteroatoms. The first kappa shape index (κ1) is 16.7. The summed E-state index contributed by atoms with van der Waals surface area (Å²) in [5, 5.41) is 0. The lowest BCUT2D eigenvalue weighted by molar-refractivity contribution is -0.131. The zero-order valence-electron chi connectivity index (χ0n) is 13.7. The van der Waals surface area contributed by atoms with Crippen LogP contribution < -0.4 is 0 Å². The molecule has 0 saturated carbocycles. The van der Waals surface area contributed by atoms with Gasteiger partial charge in [-0.15, -0.1) is 6.58 Å². The molecule has 1 amide bonds.